The molecular formula is C44H62N7O5+. The lowest BCUT2D eigenvalue weighted by Crippen LogP contribution is -2.60. The van der Waals surface area contributed by atoms with Crippen LogP contribution in [-0.4, -0.2) is 96.9 Å². The van der Waals surface area contributed by atoms with E-state index in [1.165, 1.54) is 0 Å². The number of hydrogen-bond acceptors (Lipinski definition) is 5. The molecule has 0 aromatic heterocycles. The number of fused-ring (bicyclic) bond motifs is 1. The first-order chi connectivity index (χ1) is 27.1. The molecule has 12 heteroatoms. The van der Waals surface area contributed by atoms with Gasteiger partial charge in [-0.25, -0.2) is 4.79 Å². The lowest BCUT2D eigenvalue weighted by atomic mass is 9.74. The summed E-state index contributed by atoms with van der Waals surface area (Å²) in [6, 6.07) is 22.1. The molecule has 3 aromatic carbocycles. The highest BCUT2D eigenvalue weighted by Crippen LogP contribution is 2.35. The zero-order valence-electron chi connectivity index (χ0n) is 33.3. The van der Waals surface area contributed by atoms with E-state index in [1.54, 1.807) is 9.80 Å². The second-order valence-electron chi connectivity index (χ2n) is 15.7. The summed E-state index contributed by atoms with van der Waals surface area (Å²) in [4.78, 5) is 71.3. The third-order valence-electron chi connectivity index (χ3n) is 11.1. The molecule has 0 saturated carbocycles. The molecule has 2 aliphatic heterocycles. The van der Waals surface area contributed by atoms with Crippen molar-refractivity contribution in [2.45, 2.75) is 103 Å². The van der Waals surface area contributed by atoms with Crippen molar-refractivity contribution in [1.82, 2.24) is 31.1 Å². The number of quaternary nitrogens is 1. The van der Waals surface area contributed by atoms with Crippen molar-refractivity contribution in [3.63, 3.8) is 0 Å². The van der Waals surface area contributed by atoms with Crippen LogP contribution in [0.15, 0.2) is 72.8 Å². The number of nitrogens with zero attached hydrogens (tertiary/aromatic N) is 2. The third kappa shape index (κ3) is 12.0. The van der Waals surface area contributed by atoms with Crippen molar-refractivity contribution in [2.24, 2.45) is 5.41 Å². The lowest BCUT2D eigenvalue weighted by Gasteiger charge is -2.43. The Morgan fingerprint density at radius 2 is 1.61 bits per heavy atom. The van der Waals surface area contributed by atoms with E-state index >= 15 is 0 Å². The number of nitrogens with one attached hydrogen (secondary N) is 4. The van der Waals surface area contributed by atoms with Crippen molar-refractivity contribution < 1.29 is 29.7 Å². The molecule has 7 N–H and O–H groups in total. The van der Waals surface area contributed by atoms with Gasteiger partial charge in [0.05, 0.1) is 12.0 Å². The van der Waals surface area contributed by atoms with Crippen LogP contribution >= 0.6 is 0 Å². The van der Waals surface area contributed by atoms with Gasteiger partial charge in [0.1, 0.15) is 6.04 Å². The molecule has 2 fully saturated rings. The molecule has 0 spiro atoms. The van der Waals surface area contributed by atoms with Gasteiger partial charge in [-0.3, -0.25) is 19.2 Å². The quantitative estimate of drug-likeness (QED) is 0.132. The fourth-order valence-electron chi connectivity index (χ4n) is 8.22. The Morgan fingerprint density at radius 3 is 2.38 bits per heavy atom. The number of urea groups is 1. The number of carbonyl (C=O) groups excluding carboxylic acids is 5. The molecule has 0 radical (unpaired) electrons. The molecule has 2 unspecified atom stereocenters. The average Bonchev–Trinajstić information content (AvgIpc) is 3.19. The maximum atomic E-state index is 14.6. The van der Waals surface area contributed by atoms with Crippen LogP contribution in [0.1, 0.15) is 82.8 Å². The van der Waals surface area contributed by atoms with E-state index in [0.717, 1.165) is 54.1 Å². The van der Waals surface area contributed by atoms with Crippen LogP contribution in [0, 0.1) is 5.41 Å². The van der Waals surface area contributed by atoms with Crippen molar-refractivity contribution in [3.05, 3.63) is 83.9 Å². The van der Waals surface area contributed by atoms with E-state index in [1.807, 2.05) is 80.6 Å². The normalized spacial score (nSPS) is 19.4. The minimum absolute atomic E-state index is 0.0484. The highest BCUT2D eigenvalue weighted by molar-refractivity contribution is 5.90. The second-order valence-corrected chi connectivity index (χ2v) is 15.7. The number of amides is 6. The van der Waals surface area contributed by atoms with Crippen molar-refractivity contribution in [3.8, 4) is 0 Å². The number of unbranched alkanes of at least 4 members (excludes halogenated alkanes) is 2. The number of piperidine rings is 2. The highest BCUT2D eigenvalue weighted by Gasteiger charge is 2.44. The summed E-state index contributed by atoms with van der Waals surface area (Å²) >= 11 is 0. The SMILES string of the molecule is CCNC(=O)C1(Cc2ccccc2)CCCN(C(=O)[C@@H](Cc2ccc3ccccc3c2)NC(=O)N[C@@H]2CCCN(C(=O)CC(C)NC(=O)CCCCC[NH3+])C2)C1. The van der Waals surface area contributed by atoms with Crippen LogP contribution in [0.2, 0.25) is 0 Å². The van der Waals surface area contributed by atoms with Gasteiger partial charge in [-0.1, -0.05) is 72.8 Å². The summed E-state index contributed by atoms with van der Waals surface area (Å²) < 4.78 is 0. The Labute approximate surface area is 331 Å². The highest BCUT2D eigenvalue weighted by atomic mass is 16.2. The van der Waals surface area contributed by atoms with Gasteiger partial charge in [0.2, 0.25) is 23.6 Å². The van der Waals surface area contributed by atoms with Gasteiger partial charge in [0.25, 0.3) is 0 Å². The molecule has 0 bridgehead atoms. The van der Waals surface area contributed by atoms with Crippen molar-refractivity contribution in [1.29, 1.82) is 0 Å². The van der Waals surface area contributed by atoms with Crippen molar-refractivity contribution in [2.75, 3.05) is 39.3 Å². The molecule has 2 aliphatic rings. The summed E-state index contributed by atoms with van der Waals surface area (Å²) in [5.41, 5.74) is 4.98. The van der Waals surface area contributed by atoms with Crippen LogP contribution in [-0.2, 0) is 32.0 Å². The van der Waals surface area contributed by atoms with Gasteiger partial charge in [-0.2, -0.15) is 0 Å². The Balaban J connectivity index is 1.26. The third-order valence-corrected chi connectivity index (χ3v) is 11.1. The van der Waals surface area contributed by atoms with Gasteiger partial charge in [0.15, 0.2) is 0 Å². The van der Waals surface area contributed by atoms with Gasteiger partial charge in [-0.05, 0) is 87.1 Å². The van der Waals surface area contributed by atoms with Crippen LogP contribution in [0.4, 0.5) is 4.79 Å². The van der Waals surface area contributed by atoms with Gasteiger partial charge in [-0.15, -0.1) is 0 Å². The molecule has 2 heterocycles. The van der Waals surface area contributed by atoms with Crippen LogP contribution < -0.4 is 27.0 Å². The van der Waals surface area contributed by atoms with Crippen LogP contribution in [0.3, 0.4) is 0 Å². The Hall–Kier alpha value is -4.97. The fraction of sp³-hybridized carbons (Fsp3) is 0.523. The van der Waals surface area contributed by atoms with E-state index in [2.05, 4.69) is 33.1 Å². The Morgan fingerprint density at radius 1 is 0.857 bits per heavy atom. The maximum Gasteiger partial charge on any atom is 0.315 e. The number of likely N-dealkylation sites (tertiary alicyclic amines) is 2. The zero-order valence-corrected chi connectivity index (χ0v) is 33.3. The molecule has 6 amide bonds. The van der Waals surface area contributed by atoms with E-state index < -0.39 is 17.5 Å². The molecule has 5 rings (SSSR count). The molecule has 3 aromatic rings. The van der Waals surface area contributed by atoms with E-state index in [9.17, 15) is 24.0 Å². The minimum atomic E-state index is -0.887. The Kier molecular flexibility index (Phi) is 15.7. The number of rotatable bonds is 17. The van der Waals surface area contributed by atoms with Gasteiger partial charge in [0, 0.05) is 64.1 Å². The largest absolute Gasteiger partial charge is 0.358 e. The first-order valence-corrected chi connectivity index (χ1v) is 20.6. The number of carbonyl (C=O) groups is 5. The predicted octanol–water partition coefficient (Wildman–Crippen LogP) is 3.73. The van der Waals surface area contributed by atoms with Crippen LogP contribution in [0.5, 0.6) is 0 Å². The fourth-order valence-corrected chi connectivity index (χ4v) is 8.22. The monoisotopic (exact) mass is 768 g/mol. The first-order valence-electron chi connectivity index (χ1n) is 20.6. The summed E-state index contributed by atoms with van der Waals surface area (Å²) in [7, 11) is 0. The summed E-state index contributed by atoms with van der Waals surface area (Å²) in [5.74, 6) is -0.407. The smallest absolute Gasteiger partial charge is 0.315 e. The average molecular weight is 769 g/mol. The molecule has 12 nitrogen and oxygen atoms in total. The second kappa shape index (κ2) is 20.8. The molecule has 56 heavy (non-hydrogen) atoms. The summed E-state index contributed by atoms with van der Waals surface area (Å²) in [6.45, 7) is 6.77. The van der Waals surface area contributed by atoms with Gasteiger partial charge >= 0.3 is 6.03 Å². The van der Waals surface area contributed by atoms with Gasteiger partial charge < -0.3 is 36.8 Å². The molecule has 2 saturated heterocycles. The van der Waals surface area contributed by atoms with E-state index in [0.29, 0.717) is 58.3 Å². The predicted molar refractivity (Wildman–Crippen MR) is 218 cm³/mol. The first kappa shape index (κ1) is 42.2. The Bertz CT molecular complexity index is 1790. The minimum Gasteiger partial charge on any atom is -0.358 e. The topological polar surface area (TPSA) is 168 Å². The number of benzene rings is 3. The zero-order chi connectivity index (χ0) is 39.9. The summed E-state index contributed by atoms with van der Waals surface area (Å²) in [6.07, 6.45) is 6.90. The van der Waals surface area contributed by atoms with E-state index in [-0.39, 0.29) is 55.1 Å². The van der Waals surface area contributed by atoms with E-state index in [4.69, 9.17) is 0 Å². The van der Waals surface area contributed by atoms with Crippen LogP contribution in [0.25, 0.3) is 10.8 Å². The summed E-state index contributed by atoms with van der Waals surface area (Å²) in [5, 5.41) is 14.2. The molecule has 302 valence electrons. The molecular weight excluding hydrogens is 707 g/mol. The molecule has 4 atom stereocenters. The standard InChI is InChI=1S/C44H61N7O5/c1-3-46-42(55)44(29-33-14-6-4-7-15-33)22-13-25-51(31-44)41(54)38(28-34-20-21-35-16-9-10-17-36(35)27-34)49-43(56)48-37-18-12-24-50(30-37)40(53)26-32(2)47-39(52)19-8-5-11-23-45/h4,6-7,9-10,14-17,20-21,27,32,37-38H,3,5,8,11-13,18-19,22-26,28-31,45H2,1-2H3,(H,46,55)(H,47,52)(H2,48,49,56)/p+1/t32?,37-,38-,44?/m1/s1. The number of hydrogen-bond donors (Lipinski definition) is 5. The molecule has 0 aliphatic carbocycles. The van der Waals surface area contributed by atoms with Crippen molar-refractivity contribution >= 4 is 40.4 Å². The maximum absolute atomic E-state index is 14.6. The lowest BCUT2D eigenvalue weighted by molar-refractivity contribution is -0.368.